The predicted octanol–water partition coefficient (Wildman–Crippen LogP) is 2.12. The number of carbonyl (C=O) groups excluding carboxylic acids is 1. The predicted molar refractivity (Wildman–Crippen MR) is 109 cm³/mol. The van der Waals surface area contributed by atoms with Crippen LogP contribution in [0.3, 0.4) is 0 Å². The number of aliphatic carboxylic acids is 1. The second-order valence-electron chi connectivity index (χ2n) is 7.78. The van der Waals surface area contributed by atoms with Gasteiger partial charge in [0.05, 0.1) is 18.8 Å². The average Bonchev–Trinajstić information content (AvgIpc) is 3.37. The Morgan fingerprint density at radius 3 is 2.62 bits per heavy atom. The van der Waals surface area contributed by atoms with Crippen molar-refractivity contribution in [2.24, 2.45) is 0 Å². The summed E-state index contributed by atoms with van der Waals surface area (Å²) >= 11 is 0. The molecular weight excluding hydrogens is 429 g/mol. The van der Waals surface area contributed by atoms with E-state index in [0.29, 0.717) is 24.2 Å². The van der Waals surface area contributed by atoms with Crippen molar-refractivity contribution < 1.29 is 27.9 Å². The number of carbonyl (C=O) groups is 2. The number of amides is 1. The summed E-state index contributed by atoms with van der Waals surface area (Å²) in [6.07, 6.45) is -0.0426. The molecular formula is C20H25F3N6O3. The molecule has 0 unspecified atom stereocenters. The molecule has 4 N–H and O–H groups in total. The van der Waals surface area contributed by atoms with Crippen LogP contribution < -0.4 is 16.0 Å². The van der Waals surface area contributed by atoms with E-state index < -0.39 is 12.1 Å². The largest absolute Gasteiger partial charge is 0.490 e. The van der Waals surface area contributed by atoms with Crippen molar-refractivity contribution in [3.05, 3.63) is 41.2 Å². The standard InChI is InChI=1S/C18H24N6O.C2HF3O2/c1-12-8-14-9-13(2-3-17(14)21-12)18(25)20-10-15-11-24(23-22-15)16-4-6-19-7-5-16;3-2(4,5)1(6)7/h2-3,9,11-12,16,19,21H,4-8,10H2,1H3,(H,20,25);(H,6,7)/t12-;/m0./s1. The molecule has 1 aromatic carbocycles. The number of carboxylic acids is 1. The Morgan fingerprint density at radius 1 is 1.28 bits per heavy atom. The first-order chi connectivity index (χ1) is 15.1. The second-order valence-corrected chi connectivity index (χ2v) is 7.78. The van der Waals surface area contributed by atoms with E-state index in [1.807, 2.05) is 29.1 Å². The molecule has 0 spiro atoms. The first-order valence-electron chi connectivity index (χ1n) is 10.2. The van der Waals surface area contributed by atoms with E-state index >= 15 is 0 Å². The zero-order valence-electron chi connectivity index (χ0n) is 17.4. The van der Waals surface area contributed by atoms with E-state index in [2.05, 4.69) is 33.2 Å². The zero-order valence-corrected chi connectivity index (χ0v) is 17.4. The number of carboxylic acid groups (broad SMARTS) is 1. The Kier molecular flexibility index (Phi) is 7.33. The van der Waals surface area contributed by atoms with Gasteiger partial charge in [-0.3, -0.25) is 4.79 Å². The third-order valence-electron chi connectivity index (χ3n) is 5.21. The molecule has 0 radical (unpaired) electrons. The minimum absolute atomic E-state index is 0.0706. The molecule has 4 rings (SSSR count). The van der Waals surface area contributed by atoms with Crippen LogP contribution in [0.15, 0.2) is 24.4 Å². The monoisotopic (exact) mass is 454 g/mol. The van der Waals surface area contributed by atoms with Gasteiger partial charge >= 0.3 is 12.1 Å². The van der Waals surface area contributed by atoms with Gasteiger partial charge in [0, 0.05) is 17.3 Å². The molecule has 0 saturated carbocycles. The highest BCUT2D eigenvalue weighted by Crippen LogP contribution is 2.26. The summed E-state index contributed by atoms with van der Waals surface area (Å²) in [6, 6.07) is 6.67. The number of fused-ring (bicyclic) bond motifs is 1. The lowest BCUT2D eigenvalue weighted by Crippen LogP contribution is -2.29. The van der Waals surface area contributed by atoms with Crippen molar-refractivity contribution in [2.75, 3.05) is 18.4 Å². The van der Waals surface area contributed by atoms with Crippen LogP contribution in [0, 0.1) is 0 Å². The van der Waals surface area contributed by atoms with Crippen LogP contribution in [0.25, 0.3) is 0 Å². The number of benzene rings is 1. The van der Waals surface area contributed by atoms with Gasteiger partial charge in [-0.2, -0.15) is 13.2 Å². The van der Waals surface area contributed by atoms with Crippen LogP contribution in [-0.2, 0) is 17.8 Å². The lowest BCUT2D eigenvalue weighted by molar-refractivity contribution is -0.192. The summed E-state index contributed by atoms with van der Waals surface area (Å²) in [4.78, 5) is 21.3. The number of nitrogens with zero attached hydrogens (tertiary/aromatic N) is 3. The van der Waals surface area contributed by atoms with Crippen molar-refractivity contribution in [1.29, 1.82) is 0 Å². The highest BCUT2D eigenvalue weighted by atomic mass is 19.4. The first-order valence-corrected chi connectivity index (χ1v) is 10.2. The van der Waals surface area contributed by atoms with Gasteiger partial charge in [-0.25, -0.2) is 9.48 Å². The number of nitrogens with one attached hydrogen (secondary N) is 3. The van der Waals surface area contributed by atoms with Gasteiger partial charge in [-0.15, -0.1) is 5.10 Å². The smallest absolute Gasteiger partial charge is 0.475 e. The summed E-state index contributed by atoms with van der Waals surface area (Å²) in [7, 11) is 0. The fraction of sp³-hybridized carbons (Fsp3) is 0.500. The molecule has 2 aliphatic rings. The number of rotatable bonds is 4. The number of halogens is 3. The van der Waals surface area contributed by atoms with Gasteiger partial charge in [0.2, 0.25) is 0 Å². The first kappa shape index (κ1) is 23.5. The average molecular weight is 454 g/mol. The number of hydrogen-bond donors (Lipinski definition) is 4. The molecule has 0 aliphatic carbocycles. The second kappa shape index (κ2) is 9.98. The molecule has 2 aliphatic heterocycles. The molecule has 32 heavy (non-hydrogen) atoms. The Morgan fingerprint density at radius 2 is 1.97 bits per heavy atom. The maximum Gasteiger partial charge on any atom is 0.490 e. The Bertz CT molecular complexity index is 956. The highest BCUT2D eigenvalue weighted by Gasteiger charge is 2.38. The fourth-order valence-corrected chi connectivity index (χ4v) is 3.61. The summed E-state index contributed by atoms with van der Waals surface area (Å²) in [5, 5.41) is 25.2. The summed E-state index contributed by atoms with van der Waals surface area (Å²) in [6.45, 7) is 4.58. The summed E-state index contributed by atoms with van der Waals surface area (Å²) in [5.74, 6) is -2.83. The molecule has 1 aromatic heterocycles. The van der Waals surface area contributed by atoms with Crippen LogP contribution in [0.1, 0.15) is 47.4 Å². The van der Waals surface area contributed by atoms with E-state index in [9.17, 15) is 18.0 Å². The molecule has 9 nitrogen and oxygen atoms in total. The normalized spacial score (nSPS) is 18.2. The van der Waals surface area contributed by atoms with Gasteiger partial charge in [-0.1, -0.05) is 5.21 Å². The molecule has 1 atom stereocenters. The maximum atomic E-state index is 12.4. The fourth-order valence-electron chi connectivity index (χ4n) is 3.61. The molecule has 2 aromatic rings. The van der Waals surface area contributed by atoms with Gasteiger partial charge in [-0.05, 0) is 63.0 Å². The summed E-state index contributed by atoms with van der Waals surface area (Å²) < 4.78 is 33.7. The molecule has 0 bridgehead atoms. The maximum absolute atomic E-state index is 12.4. The van der Waals surface area contributed by atoms with Gasteiger partial charge in [0.25, 0.3) is 5.91 Å². The highest BCUT2D eigenvalue weighted by molar-refractivity contribution is 5.95. The molecule has 3 heterocycles. The quantitative estimate of drug-likeness (QED) is 0.558. The number of piperidine rings is 1. The van der Waals surface area contributed by atoms with E-state index in [1.54, 1.807) is 0 Å². The molecule has 174 valence electrons. The zero-order chi connectivity index (χ0) is 23.3. The topological polar surface area (TPSA) is 121 Å². The van der Waals surface area contributed by atoms with Crippen molar-refractivity contribution in [3.8, 4) is 0 Å². The number of alkyl halides is 3. The Labute approximate surface area is 182 Å². The van der Waals surface area contributed by atoms with Crippen LogP contribution in [0.2, 0.25) is 0 Å². The van der Waals surface area contributed by atoms with Crippen LogP contribution >= 0.6 is 0 Å². The van der Waals surface area contributed by atoms with Crippen molar-refractivity contribution in [3.63, 3.8) is 0 Å². The third-order valence-corrected chi connectivity index (χ3v) is 5.21. The minimum Gasteiger partial charge on any atom is -0.475 e. The Balaban J connectivity index is 0.000000360. The van der Waals surface area contributed by atoms with Crippen molar-refractivity contribution >= 4 is 17.6 Å². The van der Waals surface area contributed by atoms with Crippen LogP contribution in [-0.4, -0.2) is 57.3 Å². The number of anilines is 1. The SMILES string of the molecule is C[C@H]1Cc2cc(C(=O)NCc3cn(C4CCNCC4)nn3)ccc2N1.O=C(O)C(F)(F)F. The third kappa shape index (κ3) is 6.19. The van der Waals surface area contributed by atoms with Gasteiger partial charge < -0.3 is 21.1 Å². The van der Waals surface area contributed by atoms with Crippen molar-refractivity contribution in [2.45, 2.75) is 51.0 Å². The van der Waals surface area contributed by atoms with E-state index in [1.165, 1.54) is 5.56 Å². The van der Waals surface area contributed by atoms with Crippen molar-refractivity contribution in [1.82, 2.24) is 25.6 Å². The molecule has 1 amide bonds. The van der Waals surface area contributed by atoms with Gasteiger partial charge in [0.1, 0.15) is 5.69 Å². The van der Waals surface area contributed by atoms with E-state index in [0.717, 1.165) is 43.7 Å². The number of hydrogen-bond acceptors (Lipinski definition) is 6. The number of aromatic nitrogens is 3. The molecule has 1 saturated heterocycles. The minimum atomic E-state index is -5.08. The van der Waals surface area contributed by atoms with Crippen LogP contribution in [0.4, 0.5) is 18.9 Å². The van der Waals surface area contributed by atoms with Gasteiger partial charge in [0.15, 0.2) is 0 Å². The van der Waals surface area contributed by atoms with E-state index in [4.69, 9.17) is 9.90 Å². The van der Waals surface area contributed by atoms with E-state index in [-0.39, 0.29) is 5.91 Å². The van der Waals surface area contributed by atoms with Crippen LogP contribution in [0.5, 0.6) is 0 Å². The Hall–Kier alpha value is -3.15. The molecule has 1 fully saturated rings. The summed E-state index contributed by atoms with van der Waals surface area (Å²) in [5.41, 5.74) is 3.83. The lowest BCUT2D eigenvalue weighted by atomic mass is 10.1. The lowest BCUT2D eigenvalue weighted by Gasteiger charge is -2.22. The molecule has 12 heteroatoms.